The normalized spacial score (nSPS) is 18.1. The van der Waals surface area contributed by atoms with Gasteiger partial charge in [-0.2, -0.15) is 0 Å². The van der Waals surface area contributed by atoms with Gasteiger partial charge in [0, 0.05) is 12.1 Å². The molecule has 1 unspecified atom stereocenters. The van der Waals surface area contributed by atoms with Gasteiger partial charge in [0.2, 0.25) is 5.89 Å². The van der Waals surface area contributed by atoms with Crippen molar-refractivity contribution in [2.75, 3.05) is 6.54 Å². The minimum Gasteiger partial charge on any atom is -0.418 e. The molecule has 1 aliphatic rings. The Morgan fingerprint density at radius 3 is 3.00 bits per heavy atom. The van der Waals surface area contributed by atoms with Crippen LogP contribution < -0.4 is 0 Å². The molecule has 2 aromatic heterocycles. The van der Waals surface area contributed by atoms with Crippen molar-refractivity contribution in [3.8, 4) is 10.8 Å². The summed E-state index contributed by atoms with van der Waals surface area (Å²) < 4.78 is 33.2. The number of halogens is 2. The first kappa shape index (κ1) is 16.3. The van der Waals surface area contributed by atoms with Crippen LogP contribution in [0.1, 0.15) is 36.0 Å². The molecule has 0 aliphatic carbocycles. The first-order valence-electron chi connectivity index (χ1n) is 8.04. The molecule has 3 aromatic rings. The largest absolute Gasteiger partial charge is 0.418 e. The molecule has 0 saturated carbocycles. The average molecular weight is 362 g/mol. The minimum absolute atomic E-state index is 0.0860. The molecule has 130 valence electrons. The first-order valence-corrected chi connectivity index (χ1v) is 8.92. The van der Waals surface area contributed by atoms with Crippen molar-refractivity contribution < 1.29 is 13.2 Å². The van der Waals surface area contributed by atoms with E-state index in [0.717, 1.165) is 36.0 Å². The SMILES string of the molecule is Cc1ncsc1-c1nnc(C2CCCN2Cc2cccc(F)c2F)o1. The number of hydrogen-bond acceptors (Lipinski definition) is 6. The van der Waals surface area contributed by atoms with Crippen molar-refractivity contribution in [2.24, 2.45) is 0 Å². The number of likely N-dealkylation sites (tertiary alicyclic amines) is 1. The Bertz CT molecular complexity index is 894. The van der Waals surface area contributed by atoms with Gasteiger partial charge in [0.25, 0.3) is 5.89 Å². The van der Waals surface area contributed by atoms with E-state index >= 15 is 0 Å². The summed E-state index contributed by atoms with van der Waals surface area (Å²) in [7, 11) is 0. The smallest absolute Gasteiger partial charge is 0.259 e. The lowest BCUT2D eigenvalue weighted by atomic mass is 10.1. The highest BCUT2D eigenvalue weighted by molar-refractivity contribution is 7.13. The van der Waals surface area contributed by atoms with Gasteiger partial charge in [-0.05, 0) is 32.4 Å². The summed E-state index contributed by atoms with van der Waals surface area (Å²) in [4.78, 5) is 7.10. The van der Waals surface area contributed by atoms with E-state index in [9.17, 15) is 8.78 Å². The van der Waals surface area contributed by atoms with E-state index in [0.29, 0.717) is 23.9 Å². The third kappa shape index (κ3) is 3.07. The van der Waals surface area contributed by atoms with Crippen LogP contribution >= 0.6 is 11.3 Å². The quantitative estimate of drug-likeness (QED) is 0.699. The lowest BCUT2D eigenvalue weighted by Gasteiger charge is -2.21. The van der Waals surface area contributed by atoms with Crippen LogP contribution in [0.2, 0.25) is 0 Å². The maximum atomic E-state index is 14.0. The molecular weight excluding hydrogens is 346 g/mol. The molecule has 0 amide bonds. The fraction of sp³-hybridized carbons (Fsp3) is 0.353. The summed E-state index contributed by atoms with van der Waals surface area (Å²) in [6.45, 7) is 2.98. The van der Waals surface area contributed by atoms with E-state index in [2.05, 4.69) is 20.1 Å². The maximum absolute atomic E-state index is 14.0. The molecule has 0 N–H and O–H groups in total. The number of benzene rings is 1. The predicted octanol–water partition coefficient (Wildman–Crippen LogP) is 4.12. The Morgan fingerprint density at radius 2 is 2.20 bits per heavy atom. The molecule has 8 heteroatoms. The monoisotopic (exact) mass is 362 g/mol. The van der Waals surface area contributed by atoms with Gasteiger partial charge in [-0.3, -0.25) is 4.90 Å². The van der Waals surface area contributed by atoms with Gasteiger partial charge in [-0.25, -0.2) is 13.8 Å². The van der Waals surface area contributed by atoms with Crippen LogP contribution in [0.25, 0.3) is 10.8 Å². The van der Waals surface area contributed by atoms with E-state index in [1.54, 1.807) is 11.6 Å². The molecule has 0 bridgehead atoms. The molecule has 1 fully saturated rings. The van der Waals surface area contributed by atoms with E-state index < -0.39 is 11.6 Å². The molecule has 1 aliphatic heterocycles. The van der Waals surface area contributed by atoms with Crippen LogP contribution in [-0.4, -0.2) is 26.6 Å². The summed E-state index contributed by atoms with van der Waals surface area (Å²) in [6, 6.07) is 4.17. The fourth-order valence-corrected chi connectivity index (χ4v) is 3.88. The number of aromatic nitrogens is 3. The zero-order chi connectivity index (χ0) is 17.4. The average Bonchev–Trinajstić information content (AvgIpc) is 3.31. The molecule has 3 heterocycles. The lowest BCUT2D eigenvalue weighted by molar-refractivity contribution is 0.212. The molecule has 5 nitrogen and oxygen atoms in total. The lowest BCUT2D eigenvalue weighted by Crippen LogP contribution is -2.23. The highest BCUT2D eigenvalue weighted by atomic mass is 32.1. The Morgan fingerprint density at radius 1 is 1.32 bits per heavy atom. The van der Waals surface area contributed by atoms with Gasteiger partial charge in [0.15, 0.2) is 11.6 Å². The molecule has 0 radical (unpaired) electrons. The Balaban J connectivity index is 1.57. The third-order valence-electron chi connectivity index (χ3n) is 4.43. The van der Waals surface area contributed by atoms with Crippen LogP contribution in [0.5, 0.6) is 0 Å². The molecule has 25 heavy (non-hydrogen) atoms. The number of thiazole rings is 1. The van der Waals surface area contributed by atoms with Crippen molar-refractivity contribution in [2.45, 2.75) is 32.4 Å². The van der Waals surface area contributed by atoms with Crippen molar-refractivity contribution in [3.63, 3.8) is 0 Å². The van der Waals surface area contributed by atoms with E-state index in [1.807, 2.05) is 6.92 Å². The van der Waals surface area contributed by atoms with Crippen LogP contribution in [0.4, 0.5) is 8.78 Å². The molecule has 1 aromatic carbocycles. The fourth-order valence-electron chi connectivity index (χ4n) is 3.15. The maximum Gasteiger partial charge on any atom is 0.259 e. The summed E-state index contributed by atoms with van der Waals surface area (Å²) in [5.74, 6) is -0.649. The van der Waals surface area contributed by atoms with Gasteiger partial charge in [0.1, 0.15) is 4.88 Å². The third-order valence-corrected chi connectivity index (χ3v) is 5.35. The van der Waals surface area contributed by atoms with E-state index in [4.69, 9.17) is 4.42 Å². The van der Waals surface area contributed by atoms with Crippen molar-refractivity contribution in [3.05, 3.63) is 52.5 Å². The molecule has 1 atom stereocenters. The zero-order valence-electron chi connectivity index (χ0n) is 13.6. The zero-order valence-corrected chi connectivity index (χ0v) is 14.4. The van der Waals surface area contributed by atoms with Crippen LogP contribution in [0.15, 0.2) is 28.1 Å². The molecule has 1 saturated heterocycles. The predicted molar refractivity (Wildman–Crippen MR) is 88.9 cm³/mol. The van der Waals surface area contributed by atoms with Crippen LogP contribution in [0.3, 0.4) is 0 Å². The number of rotatable bonds is 4. The minimum atomic E-state index is -0.825. The molecular formula is C17H16F2N4OS. The Hall–Kier alpha value is -2.19. The van der Waals surface area contributed by atoms with Gasteiger partial charge in [0.05, 0.1) is 17.2 Å². The van der Waals surface area contributed by atoms with Crippen molar-refractivity contribution >= 4 is 11.3 Å². The second kappa shape index (κ2) is 6.61. The Kier molecular flexibility index (Phi) is 4.30. The first-order chi connectivity index (χ1) is 12.1. The van der Waals surface area contributed by atoms with Crippen molar-refractivity contribution in [1.82, 2.24) is 20.1 Å². The topological polar surface area (TPSA) is 55.1 Å². The second-order valence-corrected chi connectivity index (χ2v) is 6.91. The molecule has 0 spiro atoms. The van der Waals surface area contributed by atoms with Gasteiger partial charge >= 0.3 is 0 Å². The van der Waals surface area contributed by atoms with Crippen LogP contribution in [-0.2, 0) is 6.54 Å². The number of hydrogen-bond donors (Lipinski definition) is 0. The summed E-state index contributed by atoms with van der Waals surface area (Å²) >= 11 is 1.45. The number of nitrogens with zero attached hydrogens (tertiary/aromatic N) is 4. The van der Waals surface area contributed by atoms with Gasteiger partial charge in [-0.1, -0.05) is 12.1 Å². The van der Waals surface area contributed by atoms with E-state index in [1.165, 1.54) is 17.4 Å². The summed E-state index contributed by atoms with van der Waals surface area (Å²) in [5, 5.41) is 8.31. The highest BCUT2D eigenvalue weighted by Crippen LogP contribution is 2.35. The van der Waals surface area contributed by atoms with Gasteiger partial charge in [-0.15, -0.1) is 21.5 Å². The second-order valence-electron chi connectivity index (χ2n) is 6.05. The van der Waals surface area contributed by atoms with Crippen LogP contribution in [0, 0.1) is 18.6 Å². The van der Waals surface area contributed by atoms with E-state index in [-0.39, 0.29) is 6.04 Å². The standard InChI is InChI=1S/C17H16F2N4OS/c1-10-15(25-9-20-10)17-22-21-16(24-17)13-6-3-7-23(13)8-11-4-2-5-12(18)14(11)19/h2,4-5,9,13H,3,6-8H2,1H3. The van der Waals surface area contributed by atoms with Crippen molar-refractivity contribution in [1.29, 1.82) is 0 Å². The number of aryl methyl sites for hydroxylation is 1. The molecule has 4 rings (SSSR count). The highest BCUT2D eigenvalue weighted by Gasteiger charge is 2.31. The summed E-state index contributed by atoms with van der Waals surface area (Å²) in [5.41, 5.74) is 2.93. The summed E-state index contributed by atoms with van der Waals surface area (Å²) in [6.07, 6.45) is 1.79. The van der Waals surface area contributed by atoms with Gasteiger partial charge < -0.3 is 4.42 Å². The Labute approximate surface area is 147 Å².